The van der Waals surface area contributed by atoms with Crippen LogP contribution in [0.3, 0.4) is 0 Å². The van der Waals surface area contributed by atoms with Crippen molar-refractivity contribution in [2.75, 3.05) is 4.90 Å². The van der Waals surface area contributed by atoms with E-state index in [4.69, 9.17) is 0 Å². The molecule has 0 aliphatic rings. The lowest BCUT2D eigenvalue weighted by Crippen LogP contribution is -2.09. The first-order valence-corrected chi connectivity index (χ1v) is 9.88. The van der Waals surface area contributed by atoms with Gasteiger partial charge in [0, 0.05) is 17.1 Å². The topological polar surface area (TPSA) is 3.24 Å². The van der Waals surface area contributed by atoms with Crippen LogP contribution in [0.1, 0.15) is 0 Å². The first-order valence-electron chi connectivity index (χ1n) is 9.88. The predicted molar refractivity (Wildman–Crippen MR) is 124 cm³/mol. The minimum Gasteiger partial charge on any atom is -0.311 e. The number of fused-ring (bicyclic) bond motifs is 1. The molecule has 0 radical (unpaired) electrons. The number of nitrogens with zero attached hydrogens (tertiary/aromatic N) is 1. The van der Waals surface area contributed by atoms with Gasteiger partial charge in [-0.2, -0.15) is 0 Å². The molecule has 5 rings (SSSR count). The molecular weight excluding hydrogens is 350 g/mol. The molecule has 0 saturated heterocycles. The fourth-order valence-corrected chi connectivity index (χ4v) is 3.87. The van der Waals surface area contributed by atoms with Crippen molar-refractivity contribution in [2.24, 2.45) is 0 Å². The molecule has 0 aromatic heterocycles. The number of anilines is 3. The first-order chi connectivity index (χ1) is 14.4. The second-order valence-corrected chi connectivity index (χ2v) is 7.08. The largest absolute Gasteiger partial charge is 0.311 e. The molecule has 0 spiro atoms. The Morgan fingerprint density at radius 3 is 1.55 bits per heavy atom. The van der Waals surface area contributed by atoms with E-state index in [2.05, 4.69) is 132 Å². The minimum atomic E-state index is 1.14. The van der Waals surface area contributed by atoms with Crippen LogP contribution in [0.5, 0.6) is 0 Å². The summed E-state index contributed by atoms with van der Waals surface area (Å²) in [6.45, 7) is 0. The average molecular weight is 371 g/mol. The summed E-state index contributed by atoms with van der Waals surface area (Å²) >= 11 is 0. The van der Waals surface area contributed by atoms with Crippen molar-refractivity contribution in [3.63, 3.8) is 0 Å². The lowest BCUT2D eigenvalue weighted by molar-refractivity contribution is 1.28. The molecule has 0 fully saturated rings. The highest BCUT2D eigenvalue weighted by atomic mass is 15.1. The van der Waals surface area contributed by atoms with Crippen LogP contribution in [-0.2, 0) is 0 Å². The number of para-hydroxylation sites is 2. The minimum absolute atomic E-state index is 1.14. The SMILES string of the molecule is c1ccc(N(c2ccccc2)c2ccc(-c3cccc4ccccc34)cc2)cc1. The number of hydrogen-bond donors (Lipinski definition) is 0. The molecule has 0 saturated carbocycles. The molecule has 138 valence electrons. The third kappa shape index (κ3) is 3.39. The van der Waals surface area contributed by atoms with E-state index in [0.717, 1.165) is 17.1 Å². The molecule has 0 amide bonds. The maximum absolute atomic E-state index is 2.28. The van der Waals surface area contributed by atoms with E-state index in [-0.39, 0.29) is 0 Å². The molecule has 5 aromatic carbocycles. The molecule has 5 aromatic rings. The van der Waals surface area contributed by atoms with E-state index in [1.807, 2.05) is 0 Å². The summed E-state index contributed by atoms with van der Waals surface area (Å²) in [6.07, 6.45) is 0. The van der Waals surface area contributed by atoms with Gasteiger partial charge in [0.2, 0.25) is 0 Å². The summed E-state index contributed by atoms with van der Waals surface area (Å²) in [5.74, 6) is 0. The summed E-state index contributed by atoms with van der Waals surface area (Å²) in [4.78, 5) is 2.28. The van der Waals surface area contributed by atoms with Crippen LogP contribution in [0.2, 0.25) is 0 Å². The zero-order chi connectivity index (χ0) is 19.5. The van der Waals surface area contributed by atoms with Gasteiger partial charge in [0.1, 0.15) is 0 Å². The van der Waals surface area contributed by atoms with Gasteiger partial charge in [0.15, 0.2) is 0 Å². The van der Waals surface area contributed by atoms with E-state index in [1.54, 1.807) is 0 Å². The Kier molecular flexibility index (Phi) is 4.56. The Morgan fingerprint density at radius 1 is 0.379 bits per heavy atom. The highest BCUT2D eigenvalue weighted by Gasteiger charge is 2.12. The third-order valence-electron chi connectivity index (χ3n) is 5.25. The van der Waals surface area contributed by atoms with Gasteiger partial charge in [0.05, 0.1) is 0 Å². The Hall–Kier alpha value is -3.84. The number of hydrogen-bond acceptors (Lipinski definition) is 1. The van der Waals surface area contributed by atoms with Crippen LogP contribution >= 0.6 is 0 Å². The molecule has 1 heteroatoms. The molecular formula is C28H21N. The second-order valence-electron chi connectivity index (χ2n) is 7.08. The monoisotopic (exact) mass is 371 g/mol. The van der Waals surface area contributed by atoms with Gasteiger partial charge in [-0.3, -0.25) is 0 Å². The lowest BCUT2D eigenvalue weighted by Gasteiger charge is -2.25. The first kappa shape index (κ1) is 17.3. The van der Waals surface area contributed by atoms with E-state index in [0.29, 0.717) is 0 Å². The van der Waals surface area contributed by atoms with Crippen LogP contribution in [0.25, 0.3) is 21.9 Å². The van der Waals surface area contributed by atoms with Gasteiger partial charge in [-0.05, 0) is 58.3 Å². The number of benzene rings is 5. The third-order valence-corrected chi connectivity index (χ3v) is 5.25. The molecule has 0 unspecified atom stereocenters. The number of rotatable bonds is 4. The van der Waals surface area contributed by atoms with Gasteiger partial charge in [-0.15, -0.1) is 0 Å². The fourth-order valence-electron chi connectivity index (χ4n) is 3.87. The summed E-state index contributed by atoms with van der Waals surface area (Å²) in [7, 11) is 0. The average Bonchev–Trinajstić information content (AvgIpc) is 2.81. The van der Waals surface area contributed by atoms with Crippen molar-refractivity contribution in [1.82, 2.24) is 0 Å². The van der Waals surface area contributed by atoms with Gasteiger partial charge in [0.25, 0.3) is 0 Å². The molecule has 0 heterocycles. The van der Waals surface area contributed by atoms with Gasteiger partial charge in [-0.1, -0.05) is 91.0 Å². The normalized spacial score (nSPS) is 10.8. The van der Waals surface area contributed by atoms with Gasteiger partial charge in [-0.25, -0.2) is 0 Å². The molecule has 0 aliphatic heterocycles. The second kappa shape index (κ2) is 7.65. The van der Waals surface area contributed by atoms with E-state index in [9.17, 15) is 0 Å². The van der Waals surface area contributed by atoms with Crippen molar-refractivity contribution >= 4 is 27.8 Å². The Balaban J connectivity index is 1.59. The maximum atomic E-state index is 2.28. The van der Waals surface area contributed by atoms with Crippen LogP contribution in [-0.4, -0.2) is 0 Å². The summed E-state index contributed by atoms with van der Waals surface area (Å²) in [5.41, 5.74) is 5.94. The molecule has 0 bridgehead atoms. The lowest BCUT2D eigenvalue weighted by atomic mass is 9.98. The van der Waals surface area contributed by atoms with Crippen LogP contribution in [0, 0.1) is 0 Å². The zero-order valence-electron chi connectivity index (χ0n) is 16.1. The summed E-state index contributed by atoms with van der Waals surface area (Å²) in [6, 6.07) is 44.9. The standard InChI is InChI=1S/C28H21N/c1-3-12-24(13-4-1)29(25-14-5-2-6-15-25)26-20-18-23(19-21-26)28-17-9-11-22-10-7-8-16-27(22)28/h1-21H. The predicted octanol–water partition coefficient (Wildman–Crippen LogP) is 7.98. The Morgan fingerprint density at radius 2 is 0.897 bits per heavy atom. The van der Waals surface area contributed by atoms with E-state index < -0.39 is 0 Å². The van der Waals surface area contributed by atoms with Crippen LogP contribution in [0.4, 0.5) is 17.1 Å². The molecule has 0 atom stereocenters. The molecule has 29 heavy (non-hydrogen) atoms. The maximum Gasteiger partial charge on any atom is 0.0462 e. The van der Waals surface area contributed by atoms with Crippen LogP contribution in [0.15, 0.2) is 127 Å². The van der Waals surface area contributed by atoms with Crippen molar-refractivity contribution in [3.8, 4) is 11.1 Å². The van der Waals surface area contributed by atoms with Gasteiger partial charge < -0.3 is 4.90 Å². The van der Waals surface area contributed by atoms with E-state index in [1.165, 1.54) is 21.9 Å². The highest BCUT2D eigenvalue weighted by molar-refractivity contribution is 5.96. The molecule has 1 nitrogen and oxygen atoms in total. The Labute approximate surface area is 171 Å². The summed E-state index contributed by atoms with van der Waals surface area (Å²) < 4.78 is 0. The molecule has 0 aliphatic carbocycles. The van der Waals surface area contributed by atoms with Gasteiger partial charge >= 0.3 is 0 Å². The quantitative estimate of drug-likeness (QED) is 0.309. The van der Waals surface area contributed by atoms with E-state index >= 15 is 0 Å². The highest BCUT2D eigenvalue weighted by Crippen LogP contribution is 2.36. The van der Waals surface area contributed by atoms with Crippen molar-refractivity contribution in [3.05, 3.63) is 127 Å². The van der Waals surface area contributed by atoms with Crippen LogP contribution < -0.4 is 4.90 Å². The smallest absolute Gasteiger partial charge is 0.0462 e. The summed E-state index contributed by atoms with van der Waals surface area (Å²) in [5, 5.41) is 2.55. The van der Waals surface area contributed by atoms with Crippen molar-refractivity contribution in [2.45, 2.75) is 0 Å². The van der Waals surface area contributed by atoms with Crippen molar-refractivity contribution < 1.29 is 0 Å². The van der Waals surface area contributed by atoms with Crippen molar-refractivity contribution in [1.29, 1.82) is 0 Å². The fraction of sp³-hybridized carbons (Fsp3) is 0. The molecule has 0 N–H and O–H groups in total. The zero-order valence-corrected chi connectivity index (χ0v) is 16.1. The Bertz CT molecular complexity index is 1180.